The summed E-state index contributed by atoms with van der Waals surface area (Å²) >= 11 is 3.19. The van der Waals surface area contributed by atoms with Gasteiger partial charge >= 0.3 is 0 Å². The normalized spacial score (nSPS) is 12.3. The van der Waals surface area contributed by atoms with Gasteiger partial charge in [-0.15, -0.1) is 0 Å². The van der Waals surface area contributed by atoms with Crippen LogP contribution in [0.15, 0.2) is 65.3 Å². The second kappa shape index (κ2) is 5.79. The molecule has 3 aromatic rings. The van der Waals surface area contributed by atoms with Gasteiger partial charge in [0.05, 0.1) is 21.9 Å². The van der Waals surface area contributed by atoms with Crippen LogP contribution < -0.4 is 5.73 Å². The monoisotopic (exact) mass is 345 g/mol. The van der Waals surface area contributed by atoms with Crippen LogP contribution in [0.3, 0.4) is 0 Å². The third-order valence-electron chi connectivity index (χ3n) is 3.31. The lowest BCUT2D eigenvalue weighted by Crippen LogP contribution is -2.18. The summed E-state index contributed by atoms with van der Waals surface area (Å²) in [6, 6.07) is 16.0. The zero-order valence-electron chi connectivity index (χ0n) is 11.1. The maximum absolute atomic E-state index is 14.2. The van der Waals surface area contributed by atoms with Crippen LogP contribution in [0.1, 0.15) is 17.3 Å². The lowest BCUT2D eigenvalue weighted by molar-refractivity contribution is 0.587. The smallest absolute Gasteiger partial charge is 0.142 e. The summed E-state index contributed by atoms with van der Waals surface area (Å²) in [4.78, 5) is 0. The number of hydrogen-bond donors (Lipinski definition) is 1. The molecule has 106 valence electrons. The molecule has 1 atom stereocenters. The van der Waals surface area contributed by atoms with Crippen molar-refractivity contribution in [2.24, 2.45) is 5.73 Å². The molecule has 1 unspecified atom stereocenters. The van der Waals surface area contributed by atoms with Gasteiger partial charge in [-0.25, -0.2) is 9.07 Å². The van der Waals surface area contributed by atoms with Crippen LogP contribution in [-0.4, -0.2) is 9.78 Å². The minimum Gasteiger partial charge on any atom is -0.319 e. The summed E-state index contributed by atoms with van der Waals surface area (Å²) in [5.74, 6) is -0.342. The molecule has 2 aromatic carbocycles. The zero-order valence-corrected chi connectivity index (χ0v) is 12.7. The number of halogens is 2. The minimum atomic E-state index is -0.592. The highest BCUT2D eigenvalue weighted by Crippen LogP contribution is 2.27. The molecule has 3 rings (SSSR count). The van der Waals surface area contributed by atoms with Gasteiger partial charge in [0.25, 0.3) is 0 Å². The Morgan fingerprint density at radius 3 is 2.57 bits per heavy atom. The third-order valence-corrected chi connectivity index (χ3v) is 3.92. The minimum absolute atomic E-state index is 0.342. The molecule has 2 N–H and O–H groups in total. The van der Waals surface area contributed by atoms with E-state index >= 15 is 0 Å². The quantitative estimate of drug-likeness (QED) is 0.784. The number of rotatable bonds is 3. The predicted octanol–water partition coefficient (Wildman–Crippen LogP) is 3.82. The van der Waals surface area contributed by atoms with Crippen molar-refractivity contribution in [3.8, 4) is 5.69 Å². The Kier molecular flexibility index (Phi) is 3.86. The molecule has 0 radical (unpaired) electrons. The molecule has 1 aromatic heterocycles. The predicted molar refractivity (Wildman–Crippen MR) is 83.7 cm³/mol. The molecule has 0 saturated carbocycles. The first-order valence-corrected chi connectivity index (χ1v) is 7.26. The van der Waals surface area contributed by atoms with Crippen LogP contribution in [0.2, 0.25) is 0 Å². The molecule has 0 saturated heterocycles. The van der Waals surface area contributed by atoms with Gasteiger partial charge in [-0.05, 0) is 40.2 Å². The number of hydrogen-bond acceptors (Lipinski definition) is 2. The number of benzene rings is 2. The van der Waals surface area contributed by atoms with Crippen molar-refractivity contribution in [2.75, 3.05) is 0 Å². The van der Waals surface area contributed by atoms with Gasteiger partial charge in [-0.3, -0.25) is 0 Å². The molecule has 0 bridgehead atoms. The zero-order chi connectivity index (χ0) is 14.8. The van der Waals surface area contributed by atoms with E-state index in [0.717, 1.165) is 11.4 Å². The van der Waals surface area contributed by atoms with Crippen molar-refractivity contribution < 1.29 is 4.39 Å². The van der Waals surface area contributed by atoms with E-state index in [0.29, 0.717) is 10.0 Å². The van der Waals surface area contributed by atoms with Crippen molar-refractivity contribution >= 4 is 15.9 Å². The molecular formula is C16H13BrFN3. The Morgan fingerprint density at radius 2 is 1.81 bits per heavy atom. The maximum Gasteiger partial charge on any atom is 0.142 e. The van der Waals surface area contributed by atoms with E-state index in [1.165, 1.54) is 0 Å². The highest BCUT2D eigenvalue weighted by Gasteiger charge is 2.19. The van der Waals surface area contributed by atoms with Crippen molar-refractivity contribution in [3.63, 3.8) is 0 Å². The second-order valence-electron chi connectivity index (χ2n) is 4.62. The van der Waals surface area contributed by atoms with Crippen LogP contribution in [0.4, 0.5) is 4.39 Å². The Balaban J connectivity index is 2.06. The summed E-state index contributed by atoms with van der Waals surface area (Å²) in [6.07, 6.45) is 1.66. The fourth-order valence-corrected chi connectivity index (χ4v) is 2.64. The first-order chi connectivity index (χ1) is 10.2. The number of nitrogens with two attached hydrogens (primary N) is 1. The van der Waals surface area contributed by atoms with Crippen molar-refractivity contribution in [3.05, 3.63) is 82.3 Å². The standard InChI is InChI=1S/C16H13BrFN3/c17-13-8-4-7-12(15(13)18)16(19)14-9-10-20-21(14)11-5-2-1-3-6-11/h1-10,16H,19H2. The van der Waals surface area contributed by atoms with Crippen LogP contribution in [-0.2, 0) is 0 Å². The van der Waals surface area contributed by atoms with Gasteiger partial charge in [0, 0.05) is 11.8 Å². The molecule has 0 aliphatic carbocycles. The SMILES string of the molecule is NC(c1cccc(Br)c1F)c1ccnn1-c1ccccc1. The third kappa shape index (κ3) is 2.62. The number of para-hydroxylation sites is 1. The lowest BCUT2D eigenvalue weighted by Gasteiger charge is -2.16. The average Bonchev–Trinajstić information content (AvgIpc) is 3.00. The van der Waals surface area contributed by atoms with E-state index in [1.807, 2.05) is 30.3 Å². The highest BCUT2D eigenvalue weighted by molar-refractivity contribution is 9.10. The van der Waals surface area contributed by atoms with Crippen molar-refractivity contribution in [1.29, 1.82) is 0 Å². The van der Waals surface area contributed by atoms with E-state index in [1.54, 1.807) is 35.1 Å². The van der Waals surface area contributed by atoms with Gasteiger partial charge in [0.1, 0.15) is 5.82 Å². The Morgan fingerprint density at radius 1 is 1.05 bits per heavy atom. The van der Waals surface area contributed by atoms with E-state index in [-0.39, 0.29) is 5.82 Å². The Bertz CT molecular complexity index is 755. The molecular weight excluding hydrogens is 333 g/mol. The van der Waals surface area contributed by atoms with Crippen LogP contribution >= 0.6 is 15.9 Å². The van der Waals surface area contributed by atoms with Gasteiger partial charge in [-0.1, -0.05) is 30.3 Å². The van der Waals surface area contributed by atoms with E-state index < -0.39 is 6.04 Å². The summed E-state index contributed by atoms with van der Waals surface area (Å²) in [7, 11) is 0. The van der Waals surface area contributed by atoms with Crippen LogP contribution in [0.5, 0.6) is 0 Å². The van der Waals surface area contributed by atoms with E-state index in [4.69, 9.17) is 5.73 Å². The Hall–Kier alpha value is -1.98. The van der Waals surface area contributed by atoms with E-state index in [9.17, 15) is 4.39 Å². The second-order valence-corrected chi connectivity index (χ2v) is 5.48. The molecule has 1 heterocycles. The number of nitrogens with zero attached hydrogens (tertiary/aromatic N) is 2. The summed E-state index contributed by atoms with van der Waals surface area (Å²) < 4.78 is 16.4. The molecule has 0 aliphatic heterocycles. The summed E-state index contributed by atoms with van der Waals surface area (Å²) in [5.41, 5.74) is 8.31. The first kappa shape index (κ1) is 14.0. The largest absolute Gasteiger partial charge is 0.319 e. The van der Waals surface area contributed by atoms with E-state index in [2.05, 4.69) is 21.0 Å². The lowest BCUT2D eigenvalue weighted by atomic mass is 10.0. The van der Waals surface area contributed by atoms with Gasteiger partial charge < -0.3 is 5.73 Å². The first-order valence-electron chi connectivity index (χ1n) is 6.47. The topological polar surface area (TPSA) is 43.8 Å². The van der Waals surface area contributed by atoms with Crippen LogP contribution in [0, 0.1) is 5.82 Å². The fourth-order valence-electron chi connectivity index (χ4n) is 2.25. The molecule has 3 nitrogen and oxygen atoms in total. The fraction of sp³-hybridized carbons (Fsp3) is 0.0625. The molecule has 0 amide bonds. The van der Waals surface area contributed by atoms with Gasteiger partial charge in [0.2, 0.25) is 0 Å². The molecule has 0 spiro atoms. The van der Waals surface area contributed by atoms with Crippen molar-refractivity contribution in [1.82, 2.24) is 9.78 Å². The summed E-state index contributed by atoms with van der Waals surface area (Å²) in [6.45, 7) is 0. The number of aromatic nitrogens is 2. The molecule has 0 fully saturated rings. The molecule has 5 heteroatoms. The average molecular weight is 346 g/mol. The van der Waals surface area contributed by atoms with Gasteiger partial charge in [-0.2, -0.15) is 5.10 Å². The summed E-state index contributed by atoms with van der Waals surface area (Å²) in [5, 5.41) is 4.29. The van der Waals surface area contributed by atoms with Crippen LogP contribution in [0.25, 0.3) is 5.69 Å². The van der Waals surface area contributed by atoms with Crippen molar-refractivity contribution in [2.45, 2.75) is 6.04 Å². The Labute approximate surface area is 130 Å². The maximum atomic E-state index is 14.2. The molecule has 21 heavy (non-hydrogen) atoms. The van der Waals surface area contributed by atoms with Gasteiger partial charge in [0.15, 0.2) is 0 Å². The highest BCUT2D eigenvalue weighted by atomic mass is 79.9. The molecule has 0 aliphatic rings.